The first-order chi connectivity index (χ1) is 8.95. The summed E-state index contributed by atoms with van der Waals surface area (Å²) in [5, 5.41) is 10.1. The van der Waals surface area contributed by atoms with Crippen LogP contribution in [0.3, 0.4) is 0 Å². The van der Waals surface area contributed by atoms with Crippen LogP contribution < -0.4 is 0 Å². The first-order valence-electron chi connectivity index (χ1n) is 5.50. The van der Waals surface area contributed by atoms with Crippen molar-refractivity contribution in [2.24, 2.45) is 0 Å². The molecule has 8 heteroatoms. The fourth-order valence-electron chi connectivity index (χ4n) is 1.71. The van der Waals surface area contributed by atoms with Gasteiger partial charge in [-0.05, 0) is 19.1 Å². The predicted molar refractivity (Wildman–Crippen MR) is 65.2 cm³/mol. The van der Waals surface area contributed by atoms with E-state index in [4.69, 9.17) is 14.6 Å². The Morgan fingerprint density at radius 3 is 2.74 bits per heavy atom. The van der Waals surface area contributed by atoms with E-state index in [0.29, 0.717) is 17.9 Å². The Kier molecular flexibility index (Phi) is 3.88. The maximum absolute atomic E-state index is 11.1. The van der Waals surface area contributed by atoms with Crippen molar-refractivity contribution < 1.29 is 28.0 Å². The largest absolute Gasteiger partial charge is 0.403 e. The molecule has 0 radical (unpaired) electrons. The van der Waals surface area contributed by atoms with Crippen molar-refractivity contribution in [2.75, 3.05) is 6.54 Å². The smallest absolute Gasteiger partial charge is 0.294 e. The molecular weight excluding hydrogens is 274 g/mol. The van der Waals surface area contributed by atoms with Gasteiger partial charge < -0.3 is 4.84 Å². The number of benzene rings is 1. The molecule has 0 aliphatic carbocycles. The summed E-state index contributed by atoms with van der Waals surface area (Å²) in [5.74, 6) is 0.339. The molecule has 0 aromatic heterocycles. The summed E-state index contributed by atoms with van der Waals surface area (Å²) in [5.41, 5.74) is 0.452. The lowest BCUT2D eigenvalue weighted by Crippen LogP contribution is -2.29. The van der Waals surface area contributed by atoms with Crippen LogP contribution in [0.5, 0.6) is 0 Å². The van der Waals surface area contributed by atoms with E-state index in [2.05, 4.69) is 4.89 Å². The molecule has 1 atom stereocenters. The minimum absolute atomic E-state index is 0.231. The Bertz CT molecular complexity index is 597. The van der Waals surface area contributed by atoms with Gasteiger partial charge in [-0.1, -0.05) is 12.1 Å². The molecule has 0 bridgehead atoms. The van der Waals surface area contributed by atoms with Gasteiger partial charge in [0.25, 0.3) is 10.1 Å². The predicted octanol–water partition coefficient (Wildman–Crippen LogP) is 1.36. The van der Waals surface area contributed by atoms with E-state index < -0.39 is 16.3 Å². The normalized spacial score (nSPS) is 20.2. The highest BCUT2D eigenvalue weighted by Crippen LogP contribution is 2.28. The van der Waals surface area contributed by atoms with Crippen LogP contribution in [0.1, 0.15) is 12.5 Å². The molecule has 1 aromatic rings. The van der Waals surface area contributed by atoms with Crippen molar-refractivity contribution in [2.45, 2.75) is 18.0 Å². The molecule has 19 heavy (non-hydrogen) atoms. The number of hydrogen-bond donors (Lipinski definition) is 2. The van der Waals surface area contributed by atoms with Crippen molar-refractivity contribution >= 4 is 15.9 Å². The van der Waals surface area contributed by atoms with Crippen LogP contribution in [0, 0.1) is 0 Å². The van der Waals surface area contributed by atoms with Crippen LogP contribution in [0.15, 0.2) is 35.2 Å². The van der Waals surface area contributed by atoms with Crippen molar-refractivity contribution in [1.29, 1.82) is 0 Å². The zero-order valence-electron chi connectivity index (χ0n) is 10.1. The molecule has 1 unspecified atom stereocenters. The average molecular weight is 287 g/mol. The van der Waals surface area contributed by atoms with E-state index in [1.165, 1.54) is 29.3 Å². The van der Waals surface area contributed by atoms with E-state index in [1.807, 2.05) is 0 Å². The summed E-state index contributed by atoms with van der Waals surface area (Å²) in [6.07, 6.45) is 0.737. The topological polar surface area (TPSA) is 96.3 Å². The molecule has 104 valence electrons. The molecule has 1 aliphatic heterocycles. The van der Waals surface area contributed by atoms with E-state index in [-0.39, 0.29) is 4.90 Å². The van der Waals surface area contributed by atoms with Gasteiger partial charge in [-0.3, -0.25) is 4.55 Å². The second-order valence-electron chi connectivity index (χ2n) is 3.85. The third-order valence-electron chi connectivity index (χ3n) is 2.63. The van der Waals surface area contributed by atoms with Crippen molar-refractivity contribution in [3.8, 4) is 0 Å². The number of likely N-dealkylation sites (N-methyl/N-ethyl adjacent to an activating group) is 1. The standard InChI is InChI=1S/C11H13NO6S/c1-2-12-11(18-13)7-10(17-12)8-4-3-5-9(6-8)19(14,15)16/h3-7,11,13H,2H2,1H3,(H,14,15,16). The highest BCUT2D eigenvalue weighted by Gasteiger charge is 2.28. The molecular formula is C11H13NO6S. The third kappa shape index (κ3) is 2.94. The summed E-state index contributed by atoms with van der Waals surface area (Å²) >= 11 is 0. The van der Waals surface area contributed by atoms with Crippen LogP contribution in [-0.2, 0) is 19.8 Å². The molecule has 1 aliphatic rings. The summed E-state index contributed by atoms with van der Waals surface area (Å²) in [6, 6.07) is 5.64. The SMILES string of the molecule is CCN1OC(c2cccc(S(=O)(=O)O)c2)=CC1OO. The molecule has 0 spiro atoms. The Morgan fingerprint density at radius 1 is 1.47 bits per heavy atom. The summed E-state index contributed by atoms with van der Waals surface area (Å²) in [6.45, 7) is 2.26. The Balaban J connectivity index is 2.34. The molecule has 1 heterocycles. The maximum atomic E-state index is 11.1. The van der Waals surface area contributed by atoms with Gasteiger partial charge in [0.1, 0.15) is 0 Å². The molecule has 0 saturated carbocycles. The van der Waals surface area contributed by atoms with Crippen LogP contribution in [0.25, 0.3) is 5.76 Å². The van der Waals surface area contributed by atoms with Crippen LogP contribution in [0.4, 0.5) is 0 Å². The number of nitrogens with zero attached hydrogens (tertiary/aromatic N) is 1. The third-order valence-corrected chi connectivity index (χ3v) is 3.48. The number of hydrogen-bond acceptors (Lipinski definition) is 6. The van der Waals surface area contributed by atoms with Gasteiger partial charge in [-0.15, -0.1) is 5.06 Å². The first-order valence-corrected chi connectivity index (χ1v) is 6.94. The maximum Gasteiger partial charge on any atom is 0.294 e. The fraction of sp³-hybridized carbons (Fsp3) is 0.273. The molecule has 0 amide bonds. The van der Waals surface area contributed by atoms with Crippen molar-refractivity contribution in [3.05, 3.63) is 35.9 Å². The number of hydroxylamine groups is 2. The quantitative estimate of drug-likeness (QED) is 0.490. The minimum atomic E-state index is -4.27. The average Bonchev–Trinajstić information content (AvgIpc) is 2.81. The van der Waals surface area contributed by atoms with Gasteiger partial charge in [-0.25, -0.2) is 10.1 Å². The lowest BCUT2D eigenvalue weighted by molar-refractivity contribution is -0.330. The Hall–Kier alpha value is -1.45. The molecule has 0 fully saturated rings. The molecule has 2 N–H and O–H groups in total. The van der Waals surface area contributed by atoms with Gasteiger partial charge in [0.05, 0.1) is 4.90 Å². The van der Waals surface area contributed by atoms with E-state index >= 15 is 0 Å². The monoisotopic (exact) mass is 287 g/mol. The lowest BCUT2D eigenvalue weighted by atomic mass is 10.2. The Labute approximate surface area is 110 Å². The first kappa shape index (κ1) is 14.0. The van der Waals surface area contributed by atoms with Crippen molar-refractivity contribution in [3.63, 3.8) is 0 Å². The summed E-state index contributed by atoms with van der Waals surface area (Å²) in [7, 11) is -4.27. The highest BCUT2D eigenvalue weighted by molar-refractivity contribution is 7.85. The molecule has 1 aromatic carbocycles. The van der Waals surface area contributed by atoms with E-state index in [0.717, 1.165) is 0 Å². The second-order valence-corrected chi connectivity index (χ2v) is 5.28. The minimum Gasteiger partial charge on any atom is -0.403 e. The fourth-order valence-corrected chi connectivity index (χ4v) is 2.23. The Morgan fingerprint density at radius 2 is 2.21 bits per heavy atom. The second kappa shape index (κ2) is 5.27. The van der Waals surface area contributed by atoms with E-state index in [9.17, 15) is 8.42 Å². The zero-order chi connectivity index (χ0) is 14.0. The van der Waals surface area contributed by atoms with Crippen LogP contribution in [-0.4, -0.2) is 36.1 Å². The van der Waals surface area contributed by atoms with Gasteiger partial charge in [0.15, 0.2) is 12.0 Å². The van der Waals surface area contributed by atoms with Gasteiger partial charge >= 0.3 is 0 Å². The molecule has 0 saturated heterocycles. The summed E-state index contributed by atoms with van der Waals surface area (Å²) in [4.78, 5) is 9.39. The van der Waals surface area contributed by atoms with Crippen LogP contribution >= 0.6 is 0 Å². The van der Waals surface area contributed by atoms with Crippen molar-refractivity contribution in [1.82, 2.24) is 5.06 Å². The highest BCUT2D eigenvalue weighted by atomic mass is 32.2. The molecule has 2 rings (SSSR count). The molecule has 7 nitrogen and oxygen atoms in total. The van der Waals surface area contributed by atoms with Gasteiger partial charge in [-0.2, -0.15) is 8.42 Å². The zero-order valence-corrected chi connectivity index (χ0v) is 10.9. The van der Waals surface area contributed by atoms with Gasteiger partial charge in [0, 0.05) is 18.2 Å². The number of rotatable bonds is 4. The lowest BCUT2D eigenvalue weighted by Gasteiger charge is -2.18. The van der Waals surface area contributed by atoms with E-state index in [1.54, 1.807) is 13.0 Å². The van der Waals surface area contributed by atoms with Crippen LogP contribution in [0.2, 0.25) is 0 Å². The summed E-state index contributed by atoms with van der Waals surface area (Å²) < 4.78 is 31.1. The van der Waals surface area contributed by atoms with Gasteiger partial charge in [0.2, 0.25) is 0 Å².